The van der Waals surface area contributed by atoms with Gasteiger partial charge in [0, 0.05) is 25.3 Å². The maximum atomic E-state index is 12.3. The summed E-state index contributed by atoms with van der Waals surface area (Å²) >= 11 is 0. The molecule has 0 aromatic carbocycles. The Hall–Kier alpha value is -0.960. The lowest BCUT2D eigenvalue weighted by atomic mass is 10.0. The highest BCUT2D eigenvalue weighted by molar-refractivity contribution is 7.89. The van der Waals surface area contributed by atoms with Crippen LogP contribution in [0.4, 0.5) is 0 Å². The number of aromatic nitrogens is 2. The summed E-state index contributed by atoms with van der Waals surface area (Å²) in [6.45, 7) is 2.68. The minimum absolute atomic E-state index is 0.220. The number of aryl methyl sites for hydroxylation is 1. The quantitative estimate of drug-likeness (QED) is 0.738. The van der Waals surface area contributed by atoms with E-state index in [-0.39, 0.29) is 10.9 Å². The second-order valence-electron chi connectivity index (χ2n) is 5.56. The van der Waals surface area contributed by atoms with Gasteiger partial charge in [0.15, 0.2) is 0 Å². The minimum Gasteiger partial charge on any atom is -0.330 e. The van der Waals surface area contributed by atoms with Crippen molar-refractivity contribution in [2.24, 2.45) is 5.73 Å². The van der Waals surface area contributed by atoms with E-state index in [1.165, 1.54) is 12.6 Å². The third-order valence-corrected chi connectivity index (χ3v) is 5.32. The van der Waals surface area contributed by atoms with Crippen LogP contribution in [-0.4, -0.2) is 55.8 Å². The predicted octanol–water partition coefficient (Wildman–Crippen LogP) is -0.00550. The monoisotopic (exact) mass is 315 g/mol. The van der Waals surface area contributed by atoms with Crippen LogP contribution in [-0.2, 0) is 16.6 Å². The molecule has 0 aliphatic carbocycles. The van der Waals surface area contributed by atoms with E-state index in [0.717, 1.165) is 25.8 Å². The molecular formula is C13H25N5O2S. The summed E-state index contributed by atoms with van der Waals surface area (Å²) in [5.41, 5.74) is 5.44. The van der Waals surface area contributed by atoms with Crippen LogP contribution in [0, 0.1) is 0 Å². The fraction of sp³-hybridized carbons (Fsp3) is 0.769. The van der Waals surface area contributed by atoms with Crippen LogP contribution in [0.1, 0.15) is 25.7 Å². The number of nitrogens with one attached hydrogen (secondary N) is 1. The van der Waals surface area contributed by atoms with E-state index in [2.05, 4.69) is 14.7 Å². The molecule has 0 saturated carbocycles. The van der Waals surface area contributed by atoms with E-state index in [1.54, 1.807) is 10.9 Å². The zero-order chi connectivity index (χ0) is 15.3. The Morgan fingerprint density at radius 2 is 2.29 bits per heavy atom. The number of hydrogen-bond donors (Lipinski definition) is 2. The first-order valence-electron chi connectivity index (χ1n) is 7.45. The van der Waals surface area contributed by atoms with E-state index in [1.807, 2.05) is 7.05 Å². The van der Waals surface area contributed by atoms with Crippen molar-refractivity contribution >= 4 is 10.0 Å². The van der Waals surface area contributed by atoms with Gasteiger partial charge in [-0.2, -0.15) is 5.10 Å². The molecule has 3 N–H and O–H groups in total. The van der Waals surface area contributed by atoms with Crippen LogP contribution in [0.5, 0.6) is 0 Å². The second kappa shape index (κ2) is 7.35. The highest BCUT2D eigenvalue weighted by Crippen LogP contribution is 2.15. The van der Waals surface area contributed by atoms with Crippen LogP contribution in [0.15, 0.2) is 17.3 Å². The van der Waals surface area contributed by atoms with Crippen LogP contribution in [0.2, 0.25) is 0 Å². The molecule has 0 amide bonds. The minimum atomic E-state index is -3.48. The lowest BCUT2D eigenvalue weighted by Crippen LogP contribution is -2.44. The van der Waals surface area contributed by atoms with E-state index in [4.69, 9.17) is 5.73 Å². The first-order chi connectivity index (χ1) is 10.0. The van der Waals surface area contributed by atoms with Gasteiger partial charge in [-0.15, -0.1) is 0 Å². The third kappa shape index (κ3) is 4.50. The molecule has 0 radical (unpaired) electrons. The smallest absolute Gasteiger partial charge is 0.243 e. The molecule has 1 aromatic heterocycles. The normalized spacial score (nSPS) is 20.8. The highest BCUT2D eigenvalue weighted by atomic mass is 32.2. The van der Waals surface area contributed by atoms with Crippen LogP contribution in [0.25, 0.3) is 0 Å². The zero-order valence-corrected chi connectivity index (χ0v) is 13.3. The summed E-state index contributed by atoms with van der Waals surface area (Å²) < 4.78 is 28.8. The Labute approximate surface area is 126 Å². The van der Waals surface area contributed by atoms with Gasteiger partial charge in [0.05, 0.1) is 6.20 Å². The predicted molar refractivity (Wildman–Crippen MR) is 81.4 cm³/mol. The largest absolute Gasteiger partial charge is 0.330 e. The van der Waals surface area contributed by atoms with Gasteiger partial charge in [0.1, 0.15) is 4.90 Å². The molecule has 1 saturated heterocycles. The maximum absolute atomic E-state index is 12.3. The van der Waals surface area contributed by atoms with E-state index in [9.17, 15) is 8.42 Å². The number of rotatable bonds is 7. The highest BCUT2D eigenvalue weighted by Gasteiger charge is 2.22. The standard InChI is InChI=1S/C13H25N5O2S/c1-17-7-3-2-5-12(17)9-16-21(19,20)13-10-15-18(11-13)8-4-6-14/h10-12,16H,2-9,14H2,1H3. The van der Waals surface area contributed by atoms with Gasteiger partial charge in [-0.1, -0.05) is 6.42 Å². The molecule has 7 nitrogen and oxygen atoms in total. The summed E-state index contributed by atoms with van der Waals surface area (Å²) in [4.78, 5) is 2.44. The fourth-order valence-corrected chi connectivity index (χ4v) is 3.58. The van der Waals surface area contributed by atoms with Gasteiger partial charge in [0.2, 0.25) is 10.0 Å². The van der Waals surface area contributed by atoms with Gasteiger partial charge >= 0.3 is 0 Å². The van der Waals surface area contributed by atoms with E-state index >= 15 is 0 Å². The average molecular weight is 315 g/mol. The lowest BCUT2D eigenvalue weighted by molar-refractivity contribution is 0.187. The van der Waals surface area contributed by atoms with Gasteiger partial charge in [-0.3, -0.25) is 4.68 Å². The molecule has 1 unspecified atom stereocenters. The summed E-state index contributed by atoms with van der Waals surface area (Å²) in [5.74, 6) is 0. The summed E-state index contributed by atoms with van der Waals surface area (Å²) in [6, 6.07) is 0.279. The van der Waals surface area contributed by atoms with Crippen molar-refractivity contribution in [1.82, 2.24) is 19.4 Å². The van der Waals surface area contributed by atoms with Crippen LogP contribution in [0.3, 0.4) is 0 Å². The maximum Gasteiger partial charge on any atom is 0.243 e. The van der Waals surface area contributed by atoms with Gasteiger partial charge in [-0.05, 0) is 39.4 Å². The Kier molecular flexibility index (Phi) is 5.74. The topological polar surface area (TPSA) is 93.2 Å². The molecule has 0 spiro atoms. The van der Waals surface area contributed by atoms with Crippen molar-refractivity contribution in [3.8, 4) is 0 Å². The molecule has 8 heteroatoms. The summed E-state index contributed by atoms with van der Waals surface area (Å²) in [7, 11) is -1.43. The Morgan fingerprint density at radius 3 is 3.00 bits per heavy atom. The Balaban J connectivity index is 1.93. The molecule has 1 fully saturated rings. The SMILES string of the molecule is CN1CCCCC1CNS(=O)(=O)c1cnn(CCCN)c1. The average Bonchev–Trinajstić information content (AvgIpc) is 2.94. The first kappa shape index (κ1) is 16.4. The summed E-state index contributed by atoms with van der Waals surface area (Å²) in [6.07, 6.45) is 7.11. The number of nitrogens with zero attached hydrogens (tertiary/aromatic N) is 3. The molecule has 1 aromatic rings. The van der Waals surface area contributed by atoms with E-state index < -0.39 is 10.0 Å². The number of likely N-dealkylation sites (N-methyl/N-ethyl adjacent to an activating group) is 1. The molecule has 2 rings (SSSR count). The first-order valence-corrected chi connectivity index (χ1v) is 8.93. The van der Waals surface area contributed by atoms with Crippen molar-refractivity contribution in [3.63, 3.8) is 0 Å². The molecule has 1 aliphatic heterocycles. The van der Waals surface area contributed by atoms with Gasteiger partial charge in [-0.25, -0.2) is 13.1 Å². The molecule has 120 valence electrons. The number of hydrogen-bond acceptors (Lipinski definition) is 5. The van der Waals surface area contributed by atoms with Gasteiger partial charge in [0.25, 0.3) is 0 Å². The zero-order valence-electron chi connectivity index (χ0n) is 12.5. The van der Waals surface area contributed by atoms with E-state index in [0.29, 0.717) is 19.6 Å². The molecular weight excluding hydrogens is 290 g/mol. The second-order valence-corrected chi connectivity index (χ2v) is 7.33. The van der Waals surface area contributed by atoms with Crippen molar-refractivity contribution in [1.29, 1.82) is 0 Å². The lowest BCUT2D eigenvalue weighted by Gasteiger charge is -2.32. The molecule has 1 aliphatic rings. The number of piperidine rings is 1. The van der Waals surface area contributed by atoms with Crippen LogP contribution >= 0.6 is 0 Å². The third-order valence-electron chi connectivity index (χ3n) is 3.94. The molecule has 2 heterocycles. The van der Waals surface area contributed by atoms with Crippen molar-refractivity contribution in [3.05, 3.63) is 12.4 Å². The van der Waals surface area contributed by atoms with Crippen molar-refractivity contribution in [2.45, 2.75) is 43.2 Å². The summed E-state index contributed by atoms with van der Waals surface area (Å²) in [5, 5.41) is 4.06. The number of nitrogens with two attached hydrogens (primary N) is 1. The Morgan fingerprint density at radius 1 is 1.48 bits per heavy atom. The molecule has 1 atom stereocenters. The van der Waals surface area contributed by atoms with Crippen LogP contribution < -0.4 is 10.5 Å². The van der Waals surface area contributed by atoms with Gasteiger partial charge < -0.3 is 10.6 Å². The number of sulfonamides is 1. The number of likely N-dealkylation sites (tertiary alicyclic amines) is 1. The van der Waals surface area contributed by atoms with Crippen molar-refractivity contribution < 1.29 is 8.42 Å². The molecule has 0 bridgehead atoms. The molecule has 21 heavy (non-hydrogen) atoms. The fourth-order valence-electron chi connectivity index (χ4n) is 2.55. The Bertz CT molecular complexity index is 543. The van der Waals surface area contributed by atoms with Crippen molar-refractivity contribution in [2.75, 3.05) is 26.7 Å².